The summed E-state index contributed by atoms with van der Waals surface area (Å²) >= 11 is 0. The zero-order valence-corrected chi connectivity index (χ0v) is 12.0. The molecule has 3 rings (SSSR count). The van der Waals surface area contributed by atoms with Crippen LogP contribution in [0.1, 0.15) is 38.5 Å². The molecule has 3 aliphatic rings. The van der Waals surface area contributed by atoms with Crippen LogP contribution in [0.3, 0.4) is 0 Å². The zero-order chi connectivity index (χ0) is 13.1. The van der Waals surface area contributed by atoms with Gasteiger partial charge in [-0.15, -0.1) is 0 Å². The molecule has 0 aromatic carbocycles. The Balaban J connectivity index is 1.48. The number of hydrogen-bond acceptors (Lipinski definition) is 4. The molecule has 0 spiro atoms. The lowest BCUT2D eigenvalue weighted by atomic mass is 9.84. The monoisotopic (exact) mass is 268 g/mol. The van der Waals surface area contributed by atoms with Gasteiger partial charge in [-0.3, -0.25) is 9.80 Å². The van der Waals surface area contributed by atoms with Gasteiger partial charge in [-0.1, -0.05) is 19.3 Å². The van der Waals surface area contributed by atoms with Crippen molar-refractivity contribution in [2.24, 2.45) is 0 Å². The summed E-state index contributed by atoms with van der Waals surface area (Å²) in [7, 11) is 0. The van der Waals surface area contributed by atoms with E-state index in [0.29, 0.717) is 6.04 Å². The van der Waals surface area contributed by atoms with Crippen molar-refractivity contribution in [1.29, 1.82) is 0 Å². The summed E-state index contributed by atoms with van der Waals surface area (Å²) in [5, 5.41) is 10.7. The molecule has 0 aromatic rings. The van der Waals surface area contributed by atoms with Gasteiger partial charge in [0.15, 0.2) is 0 Å². The standard InChI is InChI=1S/C15H28N2O2/c18-15(5-2-1-3-6-15)13-16-7-4-14(12-16)17-8-10-19-11-9-17/h14,18H,1-13H2. The van der Waals surface area contributed by atoms with Gasteiger partial charge in [0.1, 0.15) is 0 Å². The highest BCUT2D eigenvalue weighted by atomic mass is 16.5. The van der Waals surface area contributed by atoms with E-state index in [9.17, 15) is 5.11 Å². The second kappa shape index (κ2) is 6.08. The molecule has 1 N–H and O–H groups in total. The van der Waals surface area contributed by atoms with Gasteiger partial charge in [-0.25, -0.2) is 0 Å². The number of nitrogens with zero attached hydrogens (tertiary/aromatic N) is 2. The van der Waals surface area contributed by atoms with E-state index in [-0.39, 0.29) is 0 Å². The van der Waals surface area contributed by atoms with Crippen molar-refractivity contribution in [1.82, 2.24) is 9.80 Å². The third-order valence-corrected chi connectivity index (χ3v) is 5.11. The van der Waals surface area contributed by atoms with E-state index in [1.807, 2.05) is 0 Å². The molecule has 0 amide bonds. The van der Waals surface area contributed by atoms with Crippen LogP contribution in [-0.2, 0) is 4.74 Å². The maximum absolute atomic E-state index is 10.7. The molecule has 2 saturated heterocycles. The molecule has 1 unspecified atom stereocenters. The first-order valence-electron chi connectivity index (χ1n) is 8.02. The third-order valence-electron chi connectivity index (χ3n) is 5.11. The van der Waals surface area contributed by atoms with Crippen LogP contribution in [0, 0.1) is 0 Å². The Morgan fingerprint density at radius 1 is 1.05 bits per heavy atom. The first-order valence-corrected chi connectivity index (χ1v) is 8.02. The van der Waals surface area contributed by atoms with Gasteiger partial charge in [-0.2, -0.15) is 0 Å². The van der Waals surface area contributed by atoms with Gasteiger partial charge in [0, 0.05) is 32.2 Å². The fourth-order valence-corrected chi connectivity index (χ4v) is 3.98. The van der Waals surface area contributed by atoms with Gasteiger partial charge in [0.05, 0.1) is 18.8 Å². The molecule has 1 saturated carbocycles. The average molecular weight is 268 g/mol. The van der Waals surface area contributed by atoms with Crippen LogP contribution in [0.15, 0.2) is 0 Å². The highest BCUT2D eigenvalue weighted by molar-refractivity contribution is 4.91. The summed E-state index contributed by atoms with van der Waals surface area (Å²) in [6, 6.07) is 0.691. The molecule has 4 nitrogen and oxygen atoms in total. The van der Waals surface area contributed by atoms with Crippen LogP contribution < -0.4 is 0 Å². The molecular formula is C15H28N2O2. The number of aliphatic hydroxyl groups is 1. The lowest BCUT2D eigenvalue weighted by Gasteiger charge is -2.36. The third kappa shape index (κ3) is 3.48. The highest BCUT2D eigenvalue weighted by Gasteiger charge is 2.35. The lowest BCUT2D eigenvalue weighted by Crippen LogP contribution is -2.47. The van der Waals surface area contributed by atoms with Gasteiger partial charge < -0.3 is 9.84 Å². The smallest absolute Gasteiger partial charge is 0.0774 e. The van der Waals surface area contributed by atoms with Crippen molar-refractivity contribution < 1.29 is 9.84 Å². The maximum Gasteiger partial charge on any atom is 0.0774 e. The molecule has 0 bridgehead atoms. The molecular weight excluding hydrogens is 240 g/mol. The fourth-order valence-electron chi connectivity index (χ4n) is 3.98. The molecule has 1 aliphatic carbocycles. The van der Waals surface area contributed by atoms with Crippen molar-refractivity contribution in [2.75, 3.05) is 45.9 Å². The molecule has 3 fully saturated rings. The summed E-state index contributed by atoms with van der Waals surface area (Å²) in [6.45, 7) is 7.15. The highest BCUT2D eigenvalue weighted by Crippen LogP contribution is 2.30. The number of ether oxygens (including phenoxy) is 1. The van der Waals surface area contributed by atoms with Gasteiger partial charge >= 0.3 is 0 Å². The van der Waals surface area contributed by atoms with Crippen molar-refractivity contribution >= 4 is 0 Å². The van der Waals surface area contributed by atoms with E-state index < -0.39 is 5.60 Å². The van der Waals surface area contributed by atoms with E-state index in [1.54, 1.807) is 0 Å². The number of rotatable bonds is 3. The van der Waals surface area contributed by atoms with Crippen molar-refractivity contribution in [3.63, 3.8) is 0 Å². The van der Waals surface area contributed by atoms with Crippen LogP contribution in [0.5, 0.6) is 0 Å². The Labute approximate surface area is 116 Å². The van der Waals surface area contributed by atoms with Crippen molar-refractivity contribution in [3.8, 4) is 0 Å². The average Bonchev–Trinajstić information content (AvgIpc) is 2.88. The van der Waals surface area contributed by atoms with Crippen molar-refractivity contribution in [2.45, 2.75) is 50.2 Å². The number of hydrogen-bond donors (Lipinski definition) is 1. The van der Waals surface area contributed by atoms with E-state index in [2.05, 4.69) is 9.80 Å². The fraction of sp³-hybridized carbons (Fsp3) is 1.00. The predicted octanol–water partition coefficient (Wildman–Crippen LogP) is 1.09. The second-order valence-electron chi connectivity index (χ2n) is 6.61. The topological polar surface area (TPSA) is 35.9 Å². The number of morpholine rings is 1. The van der Waals surface area contributed by atoms with Crippen LogP contribution in [0.4, 0.5) is 0 Å². The maximum atomic E-state index is 10.7. The molecule has 2 heterocycles. The zero-order valence-electron chi connectivity index (χ0n) is 12.0. The van der Waals surface area contributed by atoms with E-state index >= 15 is 0 Å². The predicted molar refractivity (Wildman–Crippen MR) is 75.3 cm³/mol. The summed E-state index contributed by atoms with van der Waals surface area (Å²) in [6.07, 6.45) is 6.99. The first-order chi connectivity index (χ1) is 9.25. The summed E-state index contributed by atoms with van der Waals surface area (Å²) < 4.78 is 5.43. The Morgan fingerprint density at radius 2 is 1.79 bits per heavy atom. The normalized spacial score (nSPS) is 33.6. The minimum absolute atomic E-state index is 0.391. The molecule has 0 radical (unpaired) electrons. The quantitative estimate of drug-likeness (QED) is 0.831. The van der Waals surface area contributed by atoms with Crippen LogP contribution >= 0.6 is 0 Å². The van der Waals surface area contributed by atoms with E-state index in [1.165, 1.54) is 25.7 Å². The first kappa shape index (κ1) is 13.8. The van der Waals surface area contributed by atoms with Crippen molar-refractivity contribution in [3.05, 3.63) is 0 Å². The Bertz CT molecular complexity index is 286. The molecule has 0 aromatic heterocycles. The summed E-state index contributed by atoms with van der Waals surface area (Å²) in [5.41, 5.74) is -0.391. The molecule has 110 valence electrons. The Hall–Kier alpha value is -0.160. The molecule has 4 heteroatoms. The Morgan fingerprint density at radius 3 is 2.53 bits per heavy atom. The SMILES string of the molecule is OC1(CN2CCC(N3CCOCC3)C2)CCCCC1. The minimum Gasteiger partial charge on any atom is -0.389 e. The van der Waals surface area contributed by atoms with Gasteiger partial charge in [0.2, 0.25) is 0 Å². The van der Waals surface area contributed by atoms with Crippen LogP contribution in [-0.4, -0.2) is 72.5 Å². The number of likely N-dealkylation sites (tertiary alicyclic amines) is 1. The van der Waals surface area contributed by atoms with Gasteiger partial charge in [0.25, 0.3) is 0 Å². The second-order valence-corrected chi connectivity index (χ2v) is 6.61. The molecule has 1 atom stereocenters. The largest absolute Gasteiger partial charge is 0.389 e. The van der Waals surface area contributed by atoms with Crippen LogP contribution in [0.25, 0.3) is 0 Å². The van der Waals surface area contributed by atoms with E-state index in [0.717, 1.165) is 58.8 Å². The van der Waals surface area contributed by atoms with Crippen LogP contribution in [0.2, 0.25) is 0 Å². The lowest BCUT2D eigenvalue weighted by molar-refractivity contribution is -0.0247. The minimum atomic E-state index is -0.391. The van der Waals surface area contributed by atoms with Gasteiger partial charge in [-0.05, 0) is 25.8 Å². The number of β-amino-alcohol motifs (C(OH)–C–C–N with tert-alkyl or cyclic N) is 1. The molecule has 19 heavy (non-hydrogen) atoms. The Kier molecular flexibility index (Phi) is 4.42. The van der Waals surface area contributed by atoms with E-state index in [4.69, 9.17) is 4.74 Å². The molecule has 2 aliphatic heterocycles. The summed E-state index contributed by atoms with van der Waals surface area (Å²) in [5.74, 6) is 0. The summed E-state index contributed by atoms with van der Waals surface area (Å²) in [4.78, 5) is 5.07.